The smallest absolute Gasteiger partial charge is 0.123 e. The van der Waals surface area contributed by atoms with Gasteiger partial charge in [-0.05, 0) is 56.4 Å². The molecule has 2 fully saturated rings. The summed E-state index contributed by atoms with van der Waals surface area (Å²) in [6, 6.07) is 6.36. The SMILES string of the molecule is CC(N)Cc1cc(Br)ccc1OC1CCOC2(CCC2)C1. The summed E-state index contributed by atoms with van der Waals surface area (Å²) in [6.07, 6.45) is 6.80. The lowest BCUT2D eigenvalue weighted by molar-refractivity contribution is -0.153. The molecule has 21 heavy (non-hydrogen) atoms. The first-order chi connectivity index (χ1) is 10.1. The van der Waals surface area contributed by atoms with Crippen molar-refractivity contribution in [2.45, 2.75) is 63.2 Å². The molecule has 1 aliphatic heterocycles. The van der Waals surface area contributed by atoms with Crippen LogP contribution in [0.5, 0.6) is 5.75 Å². The van der Waals surface area contributed by atoms with E-state index in [2.05, 4.69) is 28.1 Å². The van der Waals surface area contributed by atoms with E-state index in [0.29, 0.717) is 0 Å². The lowest BCUT2D eigenvalue weighted by Gasteiger charge is -2.47. The molecule has 2 aliphatic rings. The van der Waals surface area contributed by atoms with Crippen molar-refractivity contribution in [1.82, 2.24) is 0 Å². The summed E-state index contributed by atoms with van der Waals surface area (Å²) in [4.78, 5) is 0. The summed E-state index contributed by atoms with van der Waals surface area (Å²) in [5.74, 6) is 0.983. The van der Waals surface area contributed by atoms with E-state index in [4.69, 9.17) is 15.2 Å². The predicted molar refractivity (Wildman–Crippen MR) is 87.7 cm³/mol. The van der Waals surface area contributed by atoms with Gasteiger partial charge in [0.1, 0.15) is 11.9 Å². The van der Waals surface area contributed by atoms with Gasteiger partial charge in [-0.1, -0.05) is 15.9 Å². The van der Waals surface area contributed by atoms with E-state index >= 15 is 0 Å². The Hall–Kier alpha value is -0.580. The molecule has 3 nitrogen and oxygen atoms in total. The zero-order valence-corrected chi connectivity index (χ0v) is 14.2. The average molecular weight is 354 g/mol. The molecule has 1 saturated heterocycles. The molecular weight excluding hydrogens is 330 g/mol. The van der Waals surface area contributed by atoms with Crippen LogP contribution in [-0.4, -0.2) is 24.4 Å². The van der Waals surface area contributed by atoms with Gasteiger partial charge in [0.15, 0.2) is 0 Å². The van der Waals surface area contributed by atoms with Gasteiger partial charge in [-0.3, -0.25) is 0 Å². The molecule has 1 aromatic rings. The second-order valence-corrected chi connectivity index (χ2v) is 7.47. The number of nitrogens with two attached hydrogens (primary N) is 1. The molecule has 0 amide bonds. The van der Waals surface area contributed by atoms with E-state index in [1.807, 2.05) is 13.0 Å². The normalized spacial score (nSPS) is 25.4. The van der Waals surface area contributed by atoms with Crippen molar-refractivity contribution in [3.8, 4) is 5.75 Å². The third-order valence-corrected chi connectivity index (χ3v) is 5.06. The Balaban J connectivity index is 1.71. The van der Waals surface area contributed by atoms with Crippen LogP contribution in [0.15, 0.2) is 22.7 Å². The second kappa shape index (κ2) is 6.27. The minimum absolute atomic E-state index is 0.125. The van der Waals surface area contributed by atoms with E-state index in [-0.39, 0.29) is 17.7 Å². The molecule has 2 unspecified atom stereocenters. The van der Waals surface area contributed by atoms with Gasteiger partial charge in [0, 0.05) is 23.4 Å². The number of hydrogen-bond donors (Lipinski definition) is 1. The topological polar surface area (TPSA) is 44.5 Å². The Morgan fingerprint density at radius 3 is 2.95 bits per heavy atom. The van der Waals surface area contributed by atoms with Crippen molar-refractivity contribution in [2.75, 3.05) is 6.61 Å². The summed E-state index contributed by atoms with van der Waals surface area (Å²) < 4.78 is 13.4. The number of rotatable bonds is 4. The van der Waals surface area contributed by atoms with Crippen LogP contribution in [0.4, 0.5) is 0 Å². The summed E-state index contributed by atoms with van der Waals surface area (Å²) in [7, 11) is 0. The van der Waals surface area contributed by atoms with Gasteiger partial charge in [-0.15, -0.1) is 0 Å². The molecule has 2 atom stereocenters. The first kappa shape index (κ1) is 15.3. The van der Waals surface area contributed by atoms with Crippen molar-refractivity contribution >= 4 is 15.9 Å². The first-order valence-electron chi connectivity index (χ1n) is 7.91. The molecule has 4 heteroatoms. The Labute approximate surface area is 135 Å². The summed E-state index contributed by atoms with van der Waals surface area (Å²) >= 11 is 3.53. The van der Waals surface area contributed by atoms with Gasteiger partial charge in [0.25, 0.3) is 0 Å². The van der Waals surface area contributed by atoms with E-state index in [1.54, 1.807) is 0 Å². The number of hydrogen-bond acceptors (Lipinski definition) is 3. The van der Waals surface area contributed by atoms with Gasteiger partial charge in [-0.2, -0.15) is 0 Å². The fraction of sp³-hybridized carbons (Fsp3) is 0.647. The maximum Gasteiger partial charge on any atom is 0.123 e. The molecule has 1 aliphatic carbocycles. The fourth-order valence-electron chi connectivity index (χ4n) is 3.35. The van der Waals surface area contributed by atoms with E-state index in [9.17, 15) is 0 Å². The molecule has 0 radical (unpaired) electrons. The maximum atomic E-state index is 6.32. The molecule has 1 spiro atoms. The van der Waals surface area contributed by atoms with Gasteiger partial charge >= 0.3 is 0 Å². The monoisotopic (exact) mass is 353 g/mol. The van der Waals surface area contributed by atoms with Crippen molar-refractivity contribution in [2.24, 2.45) is 5.73 Å². The lowest BCUT2D eigenvalue weighted by Crippen LogP contribution is -2.48. The number of benzene rings is 1. The molecule has 0 bridgehead atoms. The molecule has 1 aromatic carbocycles. The number of ether oxygens (including phenoxy) is 2. The van der Waals surface area contributed by atoms with Crippen LogP contribution in [0.2, 0.25) is 0 Å². The Bertz CT molecular complexity index is 500. The molecule has 0 aromatic heterocycles. The molecule has 1 heterocycles. The van der Waals surface area contributed by atoms with Crippen LogP contribution < -0.4 is 10.5 Å². The van der Waals surface area contributed by atoms with Gasteiger partial charge in [0.05, 0.1) is 12.2 Å². The highest BCUT2D eigenvalue weighted by atomic mass is 79.9. The molecule has 2 N–H and O–H groups in total. The fourth-order valence-corrected chi connectivity index (χ4v) is 3.76. The molecular formula is C17H24BrNO2. The maximum absolute atomic E-state index is 6.32. The quantitative estimate of drug-likeness (QED) is 0.894. The minimum atomic E-state index is 0.125. The van der Waals surface area contributed by atoms with Crippen LogP contribution in [0.3, 0.4) is 0 Å². The van der Waals surface area contributed by atoms with E-state index < -0.39 is 0 Å². The van der Waals surface area contributed by atoms with Crippen LogP contribution in [0.25, 0.3) is 0 Å². The molecule has 3 rings (SSSR count). The third-order valence-electron chi connectivity index (χ3n) is 4.57. The van der Waals surface area contributed by atoms with Crippen molar-refractivity contribution in [1.29, 1.82) is 0 Å². The zero-order chi connectivity index (χ0) is 14.9. The molecule has 116 valence electrons. The Morgan fingerprint density at radius 1 is 1.48 bits per heavy atom. The lowest BCUT2D eigenvalue weighted by atomic mass is 9.74. The predicted octanol–water partition coefficient (Wildman–Crippen LogP) is 3.82. The highest BCUT2D eigenvalue weighted by Crippen LogP contribution is 2.43. The molecule has 1 saturated carbocycles. The van der Waals surface area contributed by atoms with Crippen molar-refractivity contribution in [3.05, 3.63) is 28.2 Å². The van der Waals surface area contributed by atoms with Crippen LogP contribution in [0, 0.1) is 0 Å². The standard InChI is InChI=1S/C17H24BrNO2/c1-12(19)9-13-10-14(18)3-4-16(13)21-15-5-8-20-17(11-15)6-2-7-17/h3-4,10,12,15H,2,5-9,11,19H2,1H3. The zero-order valence-electron chi connectivity index (χ0n) is 12.6. The highest BCUT2D eigenvalue weighted by Gasteiger charge is 2.43. The number of halogens is 1. The Morgan fingerprint density at radius 2 is 2.29 bits per heavy atom. The third kappa shape index (κ3) is 3.61. The van der Waals surface area contributed by atoms with Crippen molar-refractivity contribution in [3.63, 3.8) is 0 Å². The van der Waals surface area contributed by atoms with Crippen LogP contribution in [0.1, 0.15) is 44.6 Å². The van der Waals surface area contributed by atoms with Crippen LogP contribution >= 0.6 is 15.9 Å². The second-order valence-electron chi connectivity index (χ2n) is 6.55. The van der Waals surface area contributed by atoms with Crippen LogP contribution in [-0.2, 0) is 11.2 Å². The largest absolute Gasteiger partial charge is 0.490 e. The average Bonchev–Trinajstić information content (AvgIpc) is 2.40. The van der Waals surface area contributed by atoms with E-state index in [0.717, 1.165) is 36.1 Å². The van der Waals surface area contributed by atoms with Crippen molar-refractivity contribution < 1.29 is 9.47 Å². The minimum Gasteiger partial charge on any atom is -0.490 e. The summed E-state index contributed by atoms with van der Waals surface area (Å²) in [5, 5.41) is 0. The summed E-state index contributed by atoms with van der Waals surface area (Å²) in [5.41, 5.74) is 7.27. The highest BCUT2D eigenvalue weighted by molar-refractivity contribution is 9.10. The first-order valence-corrected chi connectivity index (χ1v) is 8.70. The van der Waals surface area contributed by atoms with E-state index in [1.165, 1.54) is 24.8 Å². The van der Waals surface area contributed by atoms with Gasteiger partial charge in [0.2, 0.25) is 0 Å². The Kier molecular flexibility index (Phi) is 4.57. The van der Waals surface area contributed by atoms with Gasteiger partial charge in [-0.25, -0.2) is 0 Å². The van der Waals surface area contributed by atoms with Gasteiger partial charge < -0.3 is 15.2 Å². The summed E-state index contributed by atoms with van der Waals surface area (Å²) in [6.45, 7) is 2.85.